The van der Waals surface area contributed by atoms with E-state index in [0.717, 1.165) is 37.8 Å². The van der Waals surface area contributed by atoms with Crippen LogP contribution in [0.3, 0.4) is 0 Å². The molecule has 26 heavy (non-hydrogen) atoms. The third-order valence-electron chi connectivity index (χ3n) is 5.95. The normalized spacial score (nSPS) is 25.0. The van der Waals surface area contributed by atoms with Gasteiger partial charge in [-0.05, 0) is 51.1 Å². The largest absolute Gasteiger partial charge is 0.508 e. The number of piperidine rings is 1. The molecule has 0 unspecified atom stereocenters. The highest BCUT2D eigenvalue weighted by molar-refractivity contribution is 5.85. The van der Waals surface area contributed by atoms with Crippen molar-refractivity contribution in [2.75, 3.05) is 34.2 Å². The molecular weight excluding hydrogens is 332 g/mol. The van der Waals surface area contributed by atoms with E-state index in [1.807, 2.05) is 19.0 Å². The maximum absolute atomic E-state index is 12.9. The number of nitrogens with zero attached hydrogens (tertiary/aromatic N) is 3. The van der Waals surface area contributed by atoms with Crippen LogP contribution >= 0.6 is 0 Å². The van der Waals surface area contributed by atoms with Crippen LogP contribution in [0.15, 0.2) is 24.3 Å². The van der Waals surface area contributed by atoms with Crippen molar-refractivity contribution in [3.05, 3.63) is 29.8 Å². The van der Waals surface area contributed by atoms with Gasteiger partial charge < -0.3 is 19.7 Å². The number of carbonyl (C=O) groups excluding carboxylic acids is 2. The molecule has 2 N–H and O–H groups in total. The fourth-order valence-corrected chi connectivity index (χ4v) is 4.11. The Morgan fingerprint density at radius 3 is 2.42 bits per heavy atom. The number of phenols is 1. The Hall–Kier alpha value is -1.96. The van der Waals surface area contributed by atoms with E-state index in [-0.39, 0.29) is 17.3 Å². The predicted molar refractivity (Wildman–Crippen MR) is 98.6 cm³/mol. The van der Waals surface area contributed by atoms with Gasteiger partial charge in [0.15, 0.2) is 0 Å². The van der Waals surface area contributed by atoms with E-state index in [0.29, 0.717) is 6.42 Å². The lowest BCUT2D eigenvalue weighted by molar-refractivity contribution is -0.132. The van der Waals surface area contributed by atoms with Gasteiger partial charge in [0.2, 0.25) is 0 Å². The fraction of sp³-hybridized carbons (Fsp3) is 0.579. The zero-order valence-corrected chi connectivity index (χ0v) is 15.7. The van der Waals surface area contributed by atoms with Gasteiger partial charge in [0, 0.05) is 20.1 Å². The van der Waals surface area contributed by atoms with Crippen LogP contribution in [-0.2, 0) is 16.0 Å². The molecule has 2 atom stereocenters. The highest BCUT2D eigenvalue weighted by Gasteiger charge is 2.54. The highest BCUT2D eigenvalue weighted by Crippen LogP contribution is 2.37. The third-order valence-corrected chi connectivity index (χ3v) is 5.95. The molecule has 0 radical (unpaired) electrons. The van der Waals surface area contributed by atoms with Crippen LogP contribution in [0.4, 0.5) is 0 Å². The second kappa shape index (κ2) is 7.34. The van der Waals surface area contributed by atoms with Crippen molar-refractivity contribution in [1.82, 2.24) is 20.0 Å². The zero-order chi connectivity index (χ0) is 18.9. The van der Waals surface area contributed by atoms with Crippen LogP contribution in [0.25, 0.3) is 0 Å². The maximum atomic E-state index is 12.9. The van der Waals surface area contributed by atoms with Gasteiger partial charge in [-0.1, -0.05) is 12.1 Å². The second-order valence-corrected chi connectivity index (χ2v) is 7.48. The van der Waals surface area contributed by atoms with E-state index in [1.54, 1.807) is 24.3 Å². The van der Waals surface area contributed by atoms with Crippen molar-refractivity contribution in [1.29, 1.82) is 0 Å². The summed E-state index contributed by atoms with van der Waals surface area (Å²) in [6.07, 6.45) is 2.61. The number of hydrogen-bond donors (Lipinski definition) is 2. The molecule has 2 fully saturated rings. The van der Waals surface area contributed by atoms with Crippen LogP contribution in [0.2, 0.25) is 0 Å². The second-order valence-electron chi connectivity index (χ2n) is 7.48. The van der Waals surface area contributed by atoms with Crippen molar-refractivity contribution in [2.24, 2.45) is 0 Å². The molecule has 0 saturated carbocycles. The SMILES string of the molecule is CN1CCC2(CC1)N(C)C(=O)[C@H](N[C@H](C=O)Cc1ccc(O)cc1)N2C. The molecule has 0 aliphatic carbocycles. The third kappa shape index (κ3) is 3.34. The Balaban J connectivity index is 1.72. The molecule has 1 amide bonds. The van der Waals surface area contributed by atoms with Crippen molar-refractivity contribution in [3.8, 4) is 5.75 Å². The molecule has 1 aromatic carbocycles. The summed E-state index contributed by atoms with van der Waals surface area (Å²) in [5, 5.41) is 12.6. The highest BCUT2D eigenvalue weighted by atomic mass is 16.3. The van der Waals surface area contributed by atoms with Crippen molar-refractivity contribution < 1.29 is 14.7 Å². The van der Waals surface area contributed by atoms with Gasteiger partial charge in [0.25, 0.3) is 5.91 Å². The fourth-order valence-electron chi connectivity index (χ4n) is 4.11. The molecule has 142 valence electrons. The molecule has 1 spiro atoms. The molecule has 0 bridgehead atoms. The predicted octanol–water partition coefficient (Wildman–Crippen LogP) is 0.244. The minimum Gasteiger partial charge on any atom is -0.508 e. The summed E-state index contributed by atoms with van der Waals surface area (Å²) in [5.41, 5.74) is 0.649. The van der Waals surface area contributed by atoms with Crippen molar-refractivity contribution in [3.63, 3.8) is 0 Å². The van der Waals surface area contributed by atoms with Gasteiger partial charge in [-0.25, -0.2) is 0 Å². The van der Waals surface area contributed by atoms with E-state index >= 15 is 0 Å². The number of aromatic hydroxyl groups is 1. The Kier molecular flexibility index (Phi) is 5.32. The van der Waals surface area contributed by atoms with Crippen molar-refractivity contribution in [2.45, 2.75) is 37.1 Å². The number of likely N-dealkylation sites (N-methyl/N-ethyl adjacent to an activating group) is 2. The Bertz CT molecular complexity index is 655. The minimum atomic E-state index is -0.504. The number of phenolic OH excluding ortho intramolecular Hbond substituents is 1. The van der Waals surface area contributed by atoms with Crippen LogP contribution < -0.4 is 5.32 Å². The summed E-state index contributed by atoms with van der Waals surface area (Å²) in [5.74, 6) is 0.204. The molecule has 7 nitrogen and oxygen atoms in total. The van der Waals surface area contributed by atoms with E-state index in [9.17, 15) is 14.7 Å². The lowest BCUT2D eigenvalue weighted by atomic mass is 9.95. The average Bonchev–Trinajstić information content (AvgIpc) is 2.81. The van der Waals surface area contributed by atoms with Crippen LogP contribution in [-0.4, -0.2) is 84.1 Å². The van der Waals surface area contributed by atoms with Crippen LogP contribution in [0, 0.1) is 0 Å². The van der Waals surface area contributed by atoms with E-state index in [4.69, 9.17) is 0 Å². The summed E-state index contributed by atoms with van der Waals surface area (Å²) >= 11 is 0. The number of benzene rings is 1. The number of aldehydes is 1. The number of likely N-dealkylation sites (tertiary alicyclic amines) is 1. The molecule has 7 heteroatoms. The summed E-state index contributed by atoms with van der Waals surface area (Å²) in [6, 6.07) is 6.32. The van der Waals surface area contributed by atoms with Gasteiger partial charge in [-0.15, -0.1) is 0 Å². The number of hydrogen-bond acceptors (Lipinski definition) is 6. The zero-order valence-electron chi connectivity index (χ0n) is 15.7. The van der Waals surface area contributed by atoms with Gasteiger partial charge >= 0.3 is 0 Å². The molecule has 0 aromatic heterocycles. The van der Waals surface area contributed by atoms with Crippen molar-refractivity contribution >= 4 is 12.2 Å². The first-order valence-corrected chi connectivity index (χ1v) is 9.06. The molecule has 3 rings (SSSR count). The first-order chi connectivity index (χ1) is 12.4. The summed E-state index contributed by atoms with van der Waals surface area (Å²) < 4.78 is 0. The molecule has 1 aromatic rings. The van der Waals surface area contributed by atoms with E-state index < -0.39 is 12.2 Å². The van der Waals surface area contributed by atoms with Gasteiger partial charge in [0.1, 0.15) is 18.2 Å². The maximum Gasteiger partial charge on any atom is 0.256 e. The van der Waals surface area contributed by atoms with E-state index in [1.165, 1.54) is 0 Å². The Labute approximate surface area is 154 Å². The quantitative estimate of drug-likeness (QED) is 0.733. The Morgan fingerprint density at radius 1 is 1.23 bits per heavy atom. The summed E-state index contributed by atoms with van der Waals surface area (Å²) in [4.78, 5) is 30.7. The number of rotatable bonds is 5. The van der Waals surface area contributed by atoms with Gasteiger partial charge in [-0.3, -0.25) is 15.0 Å². The molecule has 2 aliphatic rings. The first kappa shape index (κ1) is 18.8. The monoisotopic (exact) mass is 360 g/mol. The lowest BCUT2D eigenvalue weighted by Gasteiger charge is -2.46. The molecule has 2 aliphatic heterocycles. The molecule has 2 heterocycles. The minimum absolute atomic E-state index is 0.00890. The lowest BCUT2D eigenvalue weighted by Crippen LogP contribution is -2.59. The Morgan fingerprint density at radius 2 is 1.85 bits per heavy atom. The van der Waals surface area contributed by atoms with Gasteiger partial charge in [0.05, 0.1) is 11.7 Å². The number of carbonyl (C=O) groups is 2. The van der Waals surface area contributed by atoms with E-state index in [2.05, 4.69) is 22.2 Å². The first-order valence-electron chi connectivity index (χ1n) is 9.06. The summed E-state index contributed by atoms with van der Waals surface area (Å²) in [6.45, 7) is 1.89. The average molecular weight is 360 g/mol. The molecular formula is C19H28N4O3. The molecule has 2 saturated heterocycles. The topological polar surface area (TPSA) is 76.1 Å². The number of nitrogens with one attached hydrogen (secondary N) is 1. The smallest absolute Gasteiger partial charge is 0.256 e. The standard InChI is InChI=1S/C19H28N4O3/c1-21-10-8-19(9-11-21)22(2)17(18(26)23(19)3)20-15(13-24)12-14-4-6-16(25)7-5-14/h4-7,13,15,17,20,25H,8-12H2,1-3H3/t15-,17+/m0/s1. The van der Waals surface area contributed by atoms with Gasteiger partial charge in [-0.2, -0.15) is 0 Å². The summed E-state index contributed by atoms with van der Waals surface area (Å²) in [7, 11) is 5.92. The number of amides is 1. The van der Waals surface area contributed by atoms with Crippen LogP contribution in [0.5, 0.6) is 5.75 Å². The van der Waals surface area contributed by atoms with Crippen LogP contribution in [0.1, 0.15) is 18.4 Å².